The third-order valence-electron chi connectivity index (χ3n) is 5.67. The highest BCUT2D eigenvalue weighted by molar-refractivity contribution is 14.1. The topological polar surface area (TPSA) is 48.5 Å². The average molecular weight is 535 g/mol. The van der Waals surface area contributed by atoms with Gasteiger partial charge in [0.1, 0.15) is 0 Å². The van der Waals surface area contributed by atoms with E-state index in [4.69, 9.17) is 11.6 Å². The maximum atomic E-state index is 13.4. The van der Waals surface area contributed by atoms with Crippen molar-refractivity contribution in [2.45, 2.75) is 18.9 Å². The van der Waals surface area contributed by atoms with Gasteiger partial charge in [-0.25, -0.2) is 0 Å². The molecule has 1 amide bonds. The Morgan fingerprint density at radius 2 is 1.90 bits per heavy atom. The second-order valence-electron chi connectivity index (χ2n) is 7.82. The number of halogens is 2. The van der Waals surface area contributed by atoms with Crippen LogP contribution < -0.4 is 5.32 Å². The Hall–Kier alpha value is -1.90. The van der Waals surface area contributed by atoms with E-state index in [2.05, 4.69) is 51.9 Å². The summed E-state index contributed by atoms with van der Waals surface area (Å²) in [5, 5.41) is 5.08. The summed E-state index contributed by atoms with van der Waals surface area (Å²) < 4.78 is 1.04. The number of rotatable bonds is 4. The summed E-state index contributed by atoms with van der Waals surface area (Å²) in [6, 6.07) is 14.1. The van der Waals surface area contributed by atoms with Gasteiger partial charge in [0.25, 0.3) is 5.91 Å². The van der Waals surface area contributed by atoms with Gasteiger partial charge in [-0.05, 0) is 92.0 Å². The Balaban J connectivity index is 1.63. The molecule has 0 saturated carbocycles. The quantitative estimate of drug-likeness (QED) is 0.455. The molecule has 7 heteroatoms. The number of hydrogen-bond acceptors (Lipinski definition) is 4. The molecule has 2 heterocycles. The van der Waals surface area contributed by atoms with Crippen molar-refractivity contribution in [1.82, 2.24) is 14.8 Å². The van der Waals surface area contributed by atoms with E-state index in [1.165, 1.54) is 0 Å². The van der Waals surface area contributed by atoms with Crippen LogP contribution in [-0.4, -0.2) is 53.9 Å². The van der Waals surface area contributed by atoms with Crippen molar-refractivity contribution in [2.24, 2.45) is 0 Å². The second-order valence-corrected chi connectivity index (χ2v) is 9.50. The molecule has 1 aliphatic rings. The first-order valence-corrected chi connectivity index (χ1v) is 11.4. The summed E-state index contributed by atoms with van der Waals surface area (Å²) in [7, 11) is 4.21. The normalized spacial score (nSPS) is 15.0. The van der Waals surface area contributed by atoms with Gasteiger partial charge in [-0.15, -0.1) is 0 Å². The molecule has 1 aromatic heterocycles. The minimum Gasteiger partial charge on any atom is -0.354 e. The van der Waals surface area contributed by atoms with E-state index in [0.29, 0.717) is 16.6 Å². The van der Waals surface area contributed by atoms with E-state index in [0.717, 1.165) is 51.8 Å². The lowest BCUT2D eigenvalue weighted by Crippen LogP contribution is -2.44. The average Bonchev–Trinajstić information content (AvgIpc) is 2.74. The number of carbonyl (C=O) groups is 1. The number of aromatic nitrogens is 1. The minimum absolute atomic E-state index is 0.0784. The Morgan fingerprint density at radius 3 is 2.63 bits per heavy atom. The molecule has 0 atom stereocenters. The zero-order valence-corrected chi connectivity index (χ0v) is 19.9. The molecule has 1 fully saturated rings. The van der Waals surface area contributed by atoms with Gasteiger partial charge in [0.15, 0.2) is 0 Å². The highest BCUT2D eigenvalue weighted by atomic mass is 127. The molecule has 1 saturated heterocycles. The molecular weight excluding hydrogens is 511 g/mol. The SMILES string of the molecule is CN(C)C1CCN(C(=O)c2cc(I)ccc2Nc2ccnc3cc(Cl)ccc23)CC1. The van der Waals surface area contributed by atoms with Gasteiger partial charge in [-0.2, -0.15) is 0 Å². The van der Waals surface area contributed by atoms with Crippen LogP contribution in [0, 0.1) is 3.57 Å². The van der Waals surface area contributed by atoms with Crippen molar-refractivity contribution in [3.05, 3.63) is 62.8 Å². The highest BCUT2D eigenvalue weighted by Crippen LogP contribution is 2.30. The van der Waals surface area contributed by atoms with Gasteiger partial charge in [0.05, 0.1) is 16.8 Å². The predicted octanol–water partition coefficient (Wildman–Crippen LogP) is 5.40. The zero-order valence-electron chi connectivity index (χ0n) is 17.0. The van der Waals surface area contributed by atoms with Crippen LogP contribution in [0.3, 0.4) is 0 Å². The highest BCUT2D eigenvalue weighted by Gasteiger charge is 2.26. The molecule has 3 aromatic rings. The van der Waals surface area contributed by atoms with Gasteiger partial charge in [-0.3, -0.25) is 9.78 Å². The maximum Gasteiger partial charge on any atom is 0.256 e. The Morgan fingerprint density at radius 1 is 1.13 bits per heavy atom. The largest absolute Gasteiger partial charge is 0.354 e. The zero-order chi connectivity index (χ0) is 21.3. The van der Waals surface area contributed by atoms with E-state index in [1.54, 1.807) is 6.20 Å². The number of pyridine rings is 1. The smallest absolute Gasteiger partial charge is 0.256 e. The summed E-state index contributed by atoms with van der Waals surface area (Å²) >= 11 is 8.37. The molecule has 1 aliphatic heterocycles. The van der Waals surface area contributed by atoms with Crippen molar-refractivity contribution < 1.29 is 4.79 Å². The van der Waals surface area contributed by atoms with Crippen molar-refractivity contribution >= 4 is 62.4 Å². The van der Waals surface area contributed by atoms with Crippen molar-refractivity contribution in [2.75, 3.05) is 32.5 Å². The number of benzene rings is 2. The summed E-state index contributed by atoms with van der Waals surface area (Å²) in [6.07, 6.45) is 3.75. The Kier molecular flexibility index (Phi) is 6.46. The summed E-state index contributed by atoms with van der Waals surface area (Å²) in [6.45, 7) is 1.56. The molecule has 30 heavy (non-hydrogen) atoms. The molecule has 5 nitrogen and oxygen atoms in total. The summed E-state index contributed by atoms with van der Waals surface area (Å²) in [4.78, 5) is 22.0. The van der Waals surface area contributed by atoms with Crippen LogP contribution in [-0.2, 0) is 0 Å². The standard InChI is InChI=1S/C23H24ClIN4O/c1-28(2)17-8-11-29(12-9-17)23(30)19-14-16(25)4-6-20(19)27-21-7-10-26-22-13-15(24)3-5-18(21)22/h3-7,10,13-14,17H,8-9,11-12H2,1-2H3,(H,26,27). The van der Waals surface area contributed by atoms with Gasteiger partial charge in [-0.1, -0.05) is 11.6 Å². The number of carbonyl (C=O) groups excluding carboxylic acids is 1. The van der Waals surface area contributed by atoms with Crippen molar-refractivity contribution in [3.8, 4) is 0 Å². The predicted molar refractivity (Wildman–Crippen MR) is 132 cm³/mol. The van der Waals surface area contributed by atoms with Crippen molar-refractivity contribution in [3.63, 3.8) is 0 Å². The summed E-state index contributed by atoms with van der Waals surface area (Å²) in [5.74, 6) is 0.0784. The number of anilines is 2. The van der Waals surface area contributed by atoms with Crippen LogP contribution >= 0.6 is 34.2 Å². The molecule has 0 unspecified atom stereocenters. The van der Waals surface area contributed by atoms with Crippen LogP contribution in [0.15, 0.2) is 48.7 Å². The van der Waals surface area contributed by atoms with Gasteiger partial charge in [0.2, 0.25) is 0 Å². The number of piperidine rings is 1. The molecule has 156 valence electrons. The van der Waals surface area contributed by atoms with Gasteiger partial charge >= 0.3 is 0 Å². The monoisotopic (exact) mass is 534 g/mol. The van der Waals surface area contributed by atoms with E-state index < -0.39 is 0 Å². The number of hydrogen-bond donors (Lipinski definition) is 1. The first-order valence-electron chi connectivity index (χ1n) is 9.99. The maximum absolute atomic E-state index is 13.4. The van der Waals surface area contributed by atoms with E-state index in [9.17, 15) is 4.79 Å². The molecule has 2 aromatic carbocycles. The van der Waals surface area contributed by atoms with E-state index in [1.807, 2.05) is 47.4 Å². The first-order chi connectivity index (χ1) is 14.4. The number of likely N-dealkylation sites (tertiary alicyclic amines) is 1. The third-order valence-corrected chi connectivity index (χ3v) is 6.57. The van der Waals surface area contributed by atoms with Gasteiger partial charge < -0.3 is 15.1 Å². The molecule has 0 spiro atoms. The molecular formula is C23H24ClIN4O. The Bertz CT molecular complexity index is 1080. The fraction of sp³-hybridized carbons (Fsp3) is 0.304. The molecule has 1 N–H and O–H groups in total. The van der Waals surface area contributed by atoms with Crippen LogP contribution in [0.2, 0.25) is 5.02 Å². The third kappa shape index (κ3) is 4.55. The van der Waals surface area contributed by atoms with E-state index >= 15 is 0 Å². The minimum atomic E-state index is 0.0784. The second kappa shape index (κ2) is 9.08. The molecule has 0 radical (unpaired) electrons. The van der Waals surface area contributed by atoms with E-state index in [-0.39, 0.29) is 5.91 Å². The lowest BCUT2D eigenvalue weighted by molar-refractivity contribution is 0.0664. The number of amides is 1. The molecule has 0 aliphatic carbocycles. The lowest BCUT2D eigenvalue weighted by atomic mass is 10.0. The Labute approximate surface area is 195 Å². The van der Waals surface area contributed by atoms with Crippen LogP contribution in [0.5, 0.6) is 0 Å². The number of fused-ring (bicyclic) bond motifs is 1. The van der Waals surface area contributed by atoms with Crippen molar-refractivity contribution in [1.29, 1.82) is 0 Å². The summed E-state index contributed by atoms with van der Waals surface area (Å²) in [5.41, 5.74) is 3.22. The lowest BCUT2D eigenvalue weighted by Gasteiger charge is -2.35. The van der Waals surface area contributed by atoms with Crippen LogP contribution in [0.1, 0.15) is 23.2 Å². The molecule has 4 rings (SSSR count). The number of nitrogens with one attached hydrogen (secondary N) is 1. The van der Waals surface area contributed by atoms with Crippen LogP contribution in [0.25, 0.3) is 10.9 Å². The first kappa shape index (κ1) is 21.3. The fourth-order valence-electron chi connectivity index (χ4n) is 3.93. The molecule has 0 bridgehead atoms. The van der Waals surface area contributed by atoms with Crippen LogP contribution in [0.4, 0.5) is 11.4 Å². The fourth-order valence-corrected chi connectivity index (χ4v) is 4.59. The van der Waals surface area contributed by atoms with Gasteiger partial charge in [0, 0.05) is 45.0 Å². The number of nitrogens with zero attached hydrogens (tertiary/aromatic N) is 3.